The smallest absolute Gasteiger partial charge is 0.255 e. The molecule has 1 heterocycles. The second-order valence-electron chi connectivity index (χ2n) is 5.26. The molecule has 0 bridgehead atoms. The van der Waals surface area contributed by atoms with E-state index in [9.17, 15) is 9.59 Å². The average Bonchev–Trinajstić information content (AvgIpc) is 3.18. The largest absolute Gasteiger partial charge is 0.350 e. The summed E-state index contributed by atoms with van der Waals surface area (Å²) in [6.07, 6.45) is 2.03. The number of hydrogen-bond donors (Lipinski definition) is 2. The molecule has 0 spiro atoms. The van der Waals surface area contributed by atoms with E-state index in [1.165, 1.54) is 4.90 Å². The normalized spacial score (nSPS) is 21.4. The number of carbonyl (C=O) groups excluding carboxylic acids is 2. The fourth-order valence-electron chi connectivity index (χ4n) is 2.17. The van der Waals surface area contributed by atoms with Crippen LogP contribution in [-0.4, -0.2) is 29.0 Å². The summed E-state index contributed by atoms with van der Waals surface area (Å²) in [6, 6.07) is 4.80. The number of halogens is 1. The molecule has 2 fully saturated rings. The van der Waals surface area contributed by atoms with E-state index in [2.05, 4.69) is 10.6 Å². The van der Waals surface area contributed by atoms with Crippen molar-refractivity contribution in [3.05, 3.63) is 28.8 Å². The standard InChI is InChI=1S/C14H14ClN3O2S/c1-7-13(20)18(14(21)16-7)9-4-5-10(11(15)6-9)12(19)17-8-2-3-8/h4-8H,2-3H2,1H3,(H,16,21)(H,17,19)/t7-/m1/s1. The zero-order chi connectivity index (χ0) is 15.1. The maximum atomic E-state index is 12.1. The van der Waals surface area contributed by atoms with Gasteiger partial charge in [0.2, 0.25) is 0 Å². The molecule has 110 valence electrons. The molecule has 1 aliphatic heterocycles. The summed E-state index contributed by atoms with van der Waals surface area (Å²) in [6.45, 7) is 1.74. The highest BCUT2D eigenvalue weighted by Gasteiger charge is 2.33. The summed E-state index contributed by atoms with van der Waals surface area (Å²) < 4.78 is 0. The zero-order valence-electron chi connectivity index (χ0n) is 11.4. The molecule has 5 nitrogen and oxygen atoms in total. The van der Waals surface area contributed by atoms with Gasteiger partial charge in [0.1, 0.15) is 6.04 Å². The molecule has 2 amide bonds. The van der Waals surface area contributed by atoms with E-state index < -0.39 is 0 Å². The lowest BCUT2D eigenvalue weighted by molar-refractivity contribution is -0.117. The predicted octanol–water partition coefficient (Wildman–Crippen LogP) is 1.84. The van der Waals surface area contributed by atoms with Crippen molar-refractivity contribution < 1.29 is 9.59 Å². The van der Waals surface area contributed by atoms with E-state index in [0.717, 1.165) is 12.8 Å². The summed E-state index contributed by atoms with van der Waals surface area (Å²) in [7, 11) is 0. The van der Waals surface area contributed by atoms with Gasteiger partial charge >= 0.3 is 0 Å². The second-order valence-corrected chi connectivity index (χ2v) is 6.05. The van der Waals surface area contributed by atoms with Crippen LogP contribution < -0.4 is 15.5 Å². The van der Waals surface area contributed by atoms with Gasteiger partial charge in [-0.1, -0.05) is 11.6 Å². The van der Waals surface area contributed by atoms with Crippen molar-refractivity contribution in [1.29, 1.82) is 0 Å². The average molecular weight is 324 g/mol. The Hall–Kier alpha value is -1.66. The molecule has 1 saturated carbocycles. The molecule has 1 aliphatic carbocycles. The van der Waals surface area contributed by atoms with Gasteiger partial charge < -0.3 is 10.6 Å². The summed E-state index contributed by atoms with van der Waals surface area (Å²) in [5.41, 5.74) is 0.973. The number of hydrogen-bond acceptors (Lipinski definition) is 3. The van der Waals surface area contributed by atoms with Crippen LogP contribution in [0.4, 0.5) is 5.69 Å². The van der Waals surface area contributed by atoms with Gasteiger partial charge in [0.05, 0.1) is 16.3 Å². The molecule has 0 radical (unpaired) electrons. The third kappa shape index (κ3) is 2.73. The lowest BCUT2D eigenvalue weighted by Crippen LogP contribution is -2.31. The molecule has 1 aromatic carbocycles. The van der Waals surface area contributed by atoms with Crippen molar-refractivity contribution >= 4 is 46.4 Å². The van der Waals surface area contributed by atoms with Crippen LogP contribution in [0.2, 0.25) is 5.02 Å². The van der Waals surface area contributed by atoms with E-state index in [-0.39, 0.29) is 23.9 Å². The Morgan fingerprint density at radius 2 is 2.19 bits per heavy atom. The summed E-state index contributed by atoms with van der Waals surface area (Å²) in [5, 5.41) is 6.43. The fourth-order valence-corrected chi connectivity index (χ4v) is 2.80. The number of carbonyl (C=O) groups is 2. The monoisotopic (exact) mass is 323 g/mol. The van der Waals surface area contributed by atoms with Crippen molar-refractivity contribution in [2.24, 2.45) is 0 Å². The van der Waals surface area contributed by atoms with Crippen LogP contribution in [0.1, 0.15) is 30.1 Å². The van der Waals surface area contributed by atoms with Crippen LogP contribution in [0.3, 0.4) is 0 Å². The molecule has 0 aromatic heterocycles. The highest BCUT2D eigenvalue weighted by atomic mass is 35.5. The Bertz CT molecular complexity index is 645. The van der Waals surface area contributed by atoms with Crippen LogP contribution in [0.5, 0.6) is 0 Å². The maximum absolute atomic E-state index is 12.1. The minimum absolute atomic E-state index is 0.133. The Kier molecular flexibility index (Phi) is 3.59. The van der Waals surface area contributed by atoms with Crippen LogP contribution >= 0.6 is 23.8 Å². The highest BCUT2D eigenvalue weighted by molar-refractivity contribution is 7.80. The highest BCUT2D eigenvalue weighted by Crippen LogP contribution is 2.27. The number of thiocarbonyl (C=S) groups is 1. The van der Waals surface area contributed by atoms with Crippen molar-refractivity contribution in [2.45, 2.75) is 31.8 Å². The number of rotatable bonds is 3. The fraction of sp³-hybridized carbons (Fsp3) is 0.357. The molecule has 3 rings (SSSR count). The minimum Gasteiger partial charge on any atom is -0.350 e. The van der Waals surface area contributed by atoms with Crippen molar-refractivity contribution in [2.75, 3.05) is 4.90 Å². The van der Waals surface area contributed by atoms with Crippen molar-refractivity contribution in [3.8, 4) is 0 Å². The van der Waals surface area contributed by atoms with Gasteiger partial charge in [-0.15, -0.1) is 0 Å². The van der Waals surface area contributed by atoms with Gasteiger partial charge in [0.15, 0.2) is 5.11 Å². The van der Waals surface area contributed by atoms with Gasteiger partial charge in [0, 0.05) is 6.04 Å². The van der Waals surface area contributed by atoms with Crippen LogP contribution in [0.15, 0.2) is 18.2 Å². The van der Waals surface area contributed by atoms with E-state index in [0.29, 0.717) is 21.4 Å². The first kappa shape index (κ1) is 14.3. The summed E-state index contributed by atoms with van der Waals surface area (Å²) in [5.74, 6) is -0.317. The van der Waals surface area contributed by atoms with E-state index in [1.54, 1.807) is 25.1 Å². The van der Waals surface area contributed by atoms with Gasteiger partial charge in [-0.05, 0) is 50.2 Å². The van der Waals surface area contributed by atoms with Crippen LogP contribution in [-0.2, 0) is 4.79 Å². The lowest BCUT2D eigenvalue weighted by atomic mass is 10.1. The molecule has 21 heavy (non-hydrogen) atoms. The Morgan fingerprint density at radius 3 is 2.71 bits per heavy atom. The second kappa shape index (κ2) is 5.27. The Morgan fingerprint density at radius 1 is 1.48 bits per heavy atom. The number of benzene rings is 1. The van der Waals surface area contributed by atoms with Crippen molar-refractivity contribution in [3.63, 3.8) is 0 Å². The van der Waals surface area contributed by atoms with Crippen molar-refractivity contribution in [1.82, 2.24) is 10.6 Å². The molecule has 1 atom stereocenters. The van der Waals surface area contributed by atoms with Crippen LogP contribution in [0.25, 0.3) is 0 Å². The number of nitrogens with one attached hydrogen (secondary N) is 2. The molecule has 2 aliphatic rings. The van der Waals surface area contributed by atoms with Gasteiger partial charge in [-0.2, -0.15) is 0 Å². The zero-order valence-corrected chi connectivity index (χ0v) is 12.9. The Balaban J connectivity index is 1.85. The van der Waals surface area contributed by atoms with Gasteiger partial charge in [0.25, 0.3) is 11.8 Å². The first-order valence-corrected chi connectivity index (χ1v) is 7.51. The first-order valence-electron chi connectivity index (χ1n) is 6.72. The van der Waals surface area contributed by atoms with E-state index >= 15 is 0 Å². The Labute approximate surface area is 132 Å². The number of amides is 2. The lowest BCUT2D eigenvalue weighted by Gasteiger charge is -2.16. The third-order valence-electron chi connectivity index (χ3n) is 3.50. The molecule has 7 heteroatoms. The topological polar surface area (TPSA) is 61.4 Å². The van der Waals surface area contributed by atoms with Crippen LogP contribution in [0, 0.1) is 0 Å². The first-order chi connectivity index (χ1) is 9.97. The molecule has 0 unspecified atom stereocenters. The predicted molar refractivity (Wildman–Crippen MR) is 84.6 cm³/mol. The SMILES string of the molecule is C[C@H]1NC(=S)N(c2ccc(C(=O)NC3CC3)c(Cl)c2)C1=O. The maximum Gasteiger partial charge on any atom is 0.255 e. The summed E-state index contributed by atoms with van der Waals surface area (Å²) in [4.78, 5) is 25.5. The molecule has 1 aromatic rings. The molecule has 1 saturated heterocycles. The third-order valence-corrected chi connectivity index (χ3v) is 4.12. The number of anilines is 1. The van der Waals surface area contributed by atoms with Gasteiger partial charge in [-0.25, -0.2) is 0 Å². The quantitative estimate of drug-likeness (QED) is 0.833. The van der Waals surface area contributed by atoms with E-state index in [1.807, 2.05) is 0 Å². The molecule has 2 N–H and O–H groups in total. The van der Waals surface area contributed by atoms with E-state index in [4.69, 9.17) is 23.8 Å². The molecular weight excluding hydrogens is 310 g/mol. The number of nitrogens with zero attached hydrogens (tertiary/aromatic N) is 1. The van der Waals surface area contributed by atoms with Gasteiger partial charge in [-0.3, -0.25) is 14.5 Å². The molecular formula is C14H14ClN3O2S. The summed E-state index contributed by atoms with van der Waals surface area (Å²) >= 11 is 11.3. The minimum atomic E-state index is -0.353.